The lowest BCUT2D eigenvalue weighted by Gasteiger charge is -2.12. The maximum Gasteiger partial charge on any atom is 0.317 e. The summed E-state index contributed by atoms with van der Waals surface area (Å²) in [5, 5.41) is 0. The largest absolute Gasteiger partial charge is 0.465 e. The first-order valence-corrected chi connectivity index (χ1v) is 11.9. The molecule has 4 heteroatoms. The molecule has 0 heterocycles. The van der Waals surface area contributed by atoms with E-state index < -0.39 is 11.9 Å². The van der Waals surface area contributed by atoms with Crippen molar-refractivity contribution in [2.75, 3.05) is 6.61 Å². The lowest BCUT2D eigenvalue weighted by atomic mass is 10.1. The van der Waals surface area contributed by atoms with Crippen LogP contribution in [0.2, 0.25) is 0 Å². The summed E-state index contributed by atoms with van der Waals surface area (Å²) in [7, 11) is 0. The SMILES string of the molecule is CCCCCCCCCCCCCCOC(=O)CC(=O)OC(C)CCCCC. The normalized spacial score (nSPS) is 12.0. The molecule has 0 aromatic carbocycles. The van der Waals surface area contributed by atoms with Crippen molar-refractivity contribution < 1.29 is 19.1 Å². The van der Waals surface area contributed by atoms with Crippen molar-refractivity contribution in [1.29, 1.82) is 0 Å². The van der Waals surface area contributed by atoms with Gasteiger partial charge in [0.2, 0.25) is 0 Å². The van der Waals surface area contributed by atoms with Crippen LogP contribution in [-0.4, -0.2) is 24.6 Å². The van der Waals surface area contributed by atoms with Crippen LogP contribution in [0.1, 0.15) is 130 Å². The Morgan fingerprint density at radius 3 is 1.64 bits per heavy atom. The molecule has 1 unspecified atom stereocenters. The molecule has 0 saturated heterocycles. The van der Waals surface area contributed by atoms with Crippen LogP contribution in [0.15, 0.2) is 0 Å². The zero-order valence-electron chi connectivity index (χ0n) is 18.9. The third kappa shape index (κ3) is 19.7. The molecule has 0 amide bonds. The fourth-order valence-electron chi connectivity index (χ4n) is 3.30. The molecule has 0 aromatic heterocycles. The van der Waals surface area contributed by atoms with Gasteiger partial charge in [-0.1, -0.05) is 97.3 Å². The summed E-state index contributed by atoms with van der Waals surface area (Å²) in [5.74, 6) is -0.933. The molecular weight excluding hydrogens is 352 g/mol. The van der Waals surface area contributed by atoms with E-state index in [2.05, 4.69) is 13.8 Å². The second-order valence-electron chi connectivity index (χ2n) is 8.08. The van der Waals surface area contributed by atoms with Gasteiger partial charge in [0.05, 0.1) is 12.7 Å². The van der Waals surface area contributed by atoms with E-state index >= 15 is 0 Å². The molecule has 4 nitrogen and oxygen atoms in total. The summed E-state index contributed by atoms with van der Waals surface area (Å²) in [6.07, 6.45) is 19.1. The van der Waals surface area contributed by atoms with Gasteiger partial charge in [-0.2, -0.15) is 0 Å². The molecule has 0 N–H and O–H groups in total. The second-order valence-corrected chi connectivity index (χ2v) is 8.08. The second kappa shape index (κ2) is 20.7. The molecule has 28 heavy (non-hydrogen) atoms. The van der Waals surface area contributed by atoms with Gasteiger partial charge in [-0.05, 0) is 26.2 Å². The average molecular weight is 399 g/mol. The average Bonchev–Trinajstić information content (AvgIpc) is 2.65. The number of hydrogen-bond donors (Lipinski definition) is 0. The molecule has 0 aliphatic rings. The van der Waals surface area contributed by atoms with E-state index in [9.17, 15) is 9.59 Å². The van der Waals surface area contributed by atoms with Crippen LogP contribution < -0.4 is 0 Å². The molecular formula is C24H46O4. The zero-order valence-corrected chi connectivity index (χ0v) is 18.9. The van der Waals surface area contributed by atoms with Gasteiger partial charge in [-0.25, -0.2) is 0 Å². The van der Waals surface area contributed by atoms with Crippen molar-refractivity contribution >= 4 is 11.9 Å². The van der Waals surface area contributed by atoms with E-state index in [4.69, 9.17) is 9.47 Å². The maximum absolute atomic E-state index is 11.7. The number of hydrogen-bond acceptors (Lipinski definition) is 4. The molecule has 166 valence electrons. The Bertz CT molecular complexity index is 368. The summed E-state index contributed by atoms with van der Waals surface area (Å²) in [6, 6.07) is 0. The van der Waals surface area contributed by atoms with E-state index in [-0.39, 0.29) is 12.5 Å². The Balaban J connectivity index is 3.39. The number of esters is 2. The number of unbranched alkanes of at least 4 members (excludes halogenated alkanes) is 13. The lowest BCUT2D eigenvalue weighted by Crippen LogP contribution is -2.19. The van der Waals surface area contributed by atoms with Crippen LogP contribution in [0, 0.1) is 0 Å². The van der Waals surface area contributed by atoms with E-state index in [1.165, 1.54) is 64.2 Å². The molecule has 0 radical (unpaired) electrons. The highest BCUT2D eigenvalue weighted by molar-refractivity contribution is 5.91. The van der Waals surface area contributed by atoms with Crippen LogP contribution in [-0.2, 0) is 19.1 Å². The van der Waals surface area contributed by atoms with Gasteiger partial charge < -0.3 is 9.47 Å². The first kappa shape index (κ1) is 26.9. The van der Waals surface area contributed by atoms with E-state index in [1.54, 1.807) is 0 Å². The third-order valence-corrected chi connectivity index (χ3v) is 5.10. The Morgan fingerprint density at radius 1 is 0.643 bits per heavy atom. The predicted molar refractivity (Wildman–Crippen MR) is 116 cm³/mol. The first-order chi connectivity index (χ1) is 13.6. The molecule has 0 bridgehead atoms. The third-order valence-electron chi connectivity index (χ3n) is 5.10. The molecule has 0 fully saturated rings. The van der Waals surface area contributed by atoms with Crippen molar-refractivity contribution in [2.45, 2.75) is 136 Å². The van der Waals surface area contributed by atoms with Crippen molar-refractivity contribution in [1.82, 2.24) is 0 Å². The maximum atomic E-state index is 11.7. The number of rotatable bonds is 20. The standard InChI is InChI=1S/C24H46O4/c1-4-6-8-9-10-11-12-13-14-15-16-18-20-27-23(25)21-24(26)28-22(3)19-17-7-5-2/h22H,4-21H2,1-3H3. The van der Waals surface area contributed by atoms with Gasteiger partial charge in [0.15, 0.2) is 0 Å². The number of carbonyl (C=O) groups is 2. The number of ether oxygens (including phenoxy) is 2. The fourth-order valence-corrected chi connectivity index (χ4v) is 3.30. The van der Waals surface area contributed by atoms with Crippen LogP contribution >= 0.6 is 0 Å². The summed E-state index contributed by atoms with van der Waals surface area (Å²) in [5.41, 5.74) is 0. The smallest absolute Gasteiger partial charge is 0.317 e. The molecule has 0 aliphatic carbocycles. The van der Waals surface area contributed by atoms with Crippen molar-refractivity contribution in [3.8, 4) is 0 Å². The Kier molecular flexibility index (Phi) is 19.9. The van der Waals surface area contributed by atoms with Gasteiger partial charge in [0.1, 0.15) is 6.42 Å². The Labute approximate surface area is 174 Å². The van der Waals surface area contributed by atoms with Crippen LogP contribution in [0.25, 0.3) is 0 Å². The van der Waals surface area contributed by atoms with E-state index in [0.29, 0.717) is 6.61 Å². The van der Waals surface area contributed by atoms with Crippen molar-refractivity contribution in [3.63, 3.8) is 0 Å². The summed E-state index contributed by atoms with van der Waals surface area (Å²) >= 11 is 0. The number of carbonyl (C=O) groups excluding carboxylic acids is 2. The fraction of sp³-hybridized carbons (Fsp3) is 0.917. The molecule has 0 rings (SSSR count). The highest BCUT2D eigenvalue weighted by atomic mass is 16.6. The minimum Gasteiger partial charge on any atom is -0.465 e. The molecule has 0 spiro atoms. The van der Waals surface area contributed by atoms with Crippen LogP contribution in [0.3, 0.4) is 0 Å². The summed E-state index contributed by atoms with van der Waals surface area (Å²) < 4.78 is 10.4. The van der Waals surface area contributed by atoms with Crippen molar-refractivity contribution in [2.24, 2.45) is 0 Å². The quantitative estimate of drug-likeness (QED) is 0.124. The monoisotopic (exact) mass is 398 g/mol. The topological polar surface area (TPSA) is 52.6 Å². The minimum atomic E-state index is -0.469. The van der Waals surface area contributed by atoms with Crippen molar-refractivity contribution in [3.05, 3.63) is 0 Å². The highest BCUT2D eigenvalue weighted by Gasteiger charge is 2.15. The van der Waals surface area contributed by atoms with Crippen LogP contribution in [0.5, 0.6) is 0 Å². The summed E-state index contributed by atoms with van der Waals surface area (Å²) in [6.45, 7) is 6.69. The zero-order chi connectivity index (χ0) is 20.9. The van der Waals surface area contributed by atoms with Crippen LogP contribution in [0.4, 0.5) is 0 Å². The lowest BCUT2D eigenvalue weighted by molar-refractivity contribution is -0.157. The van der Waals surface area contributed by atoms with Gasteiger partial charge in [0.25, 0.3) is 0 Å². The van der Waals surface area contributed by atoms with E-state index in [0.717, 1.165) is 38.5 Å². The first-order valence-electron chi connectivity index (χ1n) is 11.9. The molecule has 0 saturated carbocycles. The van der Waals surface area contributed by atoms with Gasteiger partial charge >= 0.3 is 11.9 Å². The van der Waals surface area contributed by atoms with E-state index in [1.807, 2.05) is 6.92 Å². The van der Waals surface area contributed by atoms with Gasteiger partial charge in [-0.15, -0.1) is 0 Å². The Hall–Kier alpha value is -1.06. The van der Waals surface area contributed by atoms with Gasteiger partial charge in [-0.3, -0.25) is 9.59 Å². The Morgan fingerprint density at radius 2 is 1.11 bits per heavy atom. The molecule has 0 aliphatic heterocycles. The predicted octanol–water partition coefficient (Wildman–Crippen LogP) is 7.13. The molecule has 1 atom stereocenters. The molecule has 0 aromatic rings. The minimum absolute atomic E-state index is 0.122. The van der Waals surface area contributed by atoms with Gasteiger partial charge in [0, 0.05) is 0 Å². The highest BCUT2D eigenvalue weighted by Crippen LogP contribution is 2.12. The summed E-state index contributed by atoms with van der Waals surface area (Å²) in [4.78, 5) is 23.4.